The molecule has 0 unspecified atom stereocenters. The van der Waals surface area contributed by atoms with Crippen LogP contribution in [0.15, 0.2) is 60.7 Å². The summed E-state index contributed by atoms with van der Waals surface area (Å²) in [7, 11) is 2.07. The molecule has 3 nitrogen and oxygen atoms in total. The standard InChI is InChI=1S/C16H13N3/c1-18-15(12-7-3-2-4-8-12)11-16-17-13-9-5-6-10-14(13)19(16)18/h2-11H,1H3. The normalized spacial score (nSPS) is 11.4. The van der Waals surface area contributed by atoms with Crippen LogP contribution in [0.25, 0.3) is 27.9 Å². The lowest BCUT2D eigenvalue weighted by atomic mass is 10.1. The molecule has 0 aliphatic heterocycles. The Morgan fingerprint density at radius 3 is 2.47 bits per heavy atom. The molecule has 0 fully saturated rings. The number of fused-ring (bicyclic) bond motifs is 3. The van der Waals surface area contributed by atoms with Gasteiger partial charge in [-0.15, -0.1) is 0 Å². The third-order valence-electron chi connectivity index (χ3n) is 3.55. The summed E-state index contributed by atoms with van der Waals surface area (Å²) in [6.45, 7) is 0. The topological polar surface area (TPSA) is 22.2 Å². The van der Waals surface area contributed by atoms with Crippen molar-refractivity contribution in [3.8, 4) is 11.3 Å². The van der Waals surface area contributed by atoms with E-state index < -0.39 is 0 Å². The van der Waals surface area contributed by atoms with Gasteiger partial charge in [0.1, 0.15) is 0 Å². The third kappa shape index (κ3) is 1.41. The van der Waals surface area contributed by atoms with Gasteiger partial charge in [-0.05, 0) is 17.7 Å². The number of hydrogen-bond donors (Lipinski definition) is 0. The van der Waals surface area contributed by atoms with Crippen molar-refractivity contribution in [2.45, 2.75) is 0 Å². The van der Waals surface area contributed by atoms with E-state index in [2.05, 4.69) is 57.6 Å². The molecule has 0 saturated heterocycles. The number of rotatable bonds is 1. The number of aryl methyl sites for hydroxylation is 1. The van der Waals surface area contributed by atoms with Crippen LogP contribution in [-0.4, -0.2) is 14.2 Å². The summed E-state index contributed by atoms with van der Waals surface area (Å²) in [6.07, 6.45) is 0. The number of nitrogens with zero attached hydrogens (tertiary/aromatic N) is 3. The summed E-state index contributed by atoms with van der Waals surface area (Å²) in [5.41, 5.74) is 5.55. The minimum atomic E-state index is 0.988. The van der Waals surface area contributed by atoms with Crippen LogP contribution in [0, 0.1) is 0 Å². The molecule has 0 aliphatic carbocycles. The van der Waals surface area contributed by atoms with E-state index in [0.29, 0.717) is 0 Å². The van der Waals surface area contributed by atoms with Crippen LogP contribution in [0.5, 0.6) is 0 Å². The molecule has 4 rings (SSSR count). The summed E-state index contributed by atoms with van der Waals surface area (Å²) in [5.74, 6) is 0. The number of hydrogen-bond acceptors (Lipinski definition) is 1. The van der Waals surface area contributed by atoms with E-state index in [4.69, 9.17) is 0 Å². The van der Waals surface area contributed by atoms with E-state index in [0.717, 1.165) is 16.7 Å². The first-order valence-electron chi connectivity index (χ1n) is 6.33. The molecule has 0 atom stereocenters. The van der Waals surface area contributed by atoms with E-state index in [9.17, 15) is 0 Å². The number of imidazole rings is 1. The zero-order valence-electron chi connectivity index (χ0n) is 10.6. The second-order valence-electron chi connectivity index (χ2n) is 4.69. The molecule has 0 N–H and O–H groups in total. The SMILES string of the molecule is Cn1c(-c2ccccc2)cc2nc3ccccc3n21. The second-order valence-corrected chi connectivity index (χ2v) is 4.69. The van der Waals surface area contributed by atoms with Crippen LogP contribution in [0.2, 0.25) is 0 Å². The van der Waals surface area contributed by atoms with Crippen LogP contribution >= 0.6 is 0 Å². The van der Waals surface area contributed by atoms with Crippen molar-refractivity contribution in [2.75, 3.05) is 0 Å². The molecule has 3 heteroatoms. The van der Waals surface area contributed by atoms with E-state index in [1.165, 1.54) is 11.3 Å². The smallest absolute Gasteiger partial charge is 0.155 e. The Labute approximate surface area is 110 Å². The Balaban J connectivity index is 2.08. The molecule has 2 aromatic carbocycles. The molecule has 0 amide bonds. The Morgan fingerprint density at radius 2 is 1.63 bits per heavy atom. The average molecular weight is 247 g/mol. The molecule has 92 valence electrons. The van der Waals surface area contributed by atoms with Crippen molar-refractivity contribution in [3.05, 3.63) is 60.7 Å². The lowest BCUT2D eigenvalue weighted by Gasteiger charge is -2.05. The minimum Gasteiger partial charge on any atom is -0.282 e. The van der Waals surface area contributed by atoms with Gasteiger partial charge in [-0.25, -0.2) is 9.50 Å². The van der Waals surface area contributed by atoms with Gasteiger partial charge < -0.3 is 0 Å². The van der Waals surface area contributed by atoms with Crippen molar-refractivity contribution >= 4 is 16.7 Å². The fourth-order valence-corrected chi connectivity index (χ4v) is 2.64. The molecular formula is C16H13N3. The summed E-state index contributed by atoms with van der Waals surface area (Å²) in [5, 5.41) is 0. The maximum absolute atomic E-state index is 4.66. The molecule has 0 radical (unpaired) electrons. The zero-order chi connectivity index (χ0) is 12.8. The van der Waals surface area contributed by atoms with Crippen molar-refractivity contribution in [1.82, 2.24) is 14.2 Å². The Hall–Kier alpha value is -2.55. The van der Waals surface area contributed by atoms with Gasteiger partial charge in [-0.2, -0.15) is 0 Å². The van der Waals surface area contributed by atoms with Crippen molar-refractivity contribution in [1.29, 1.82) is 0 Å². The first-order chi connectivity index (χ1) is 9.34. The van der Waals surface area contributed by atoms with Crippen LogP contribution < -0.4 is 0 Å². The van der Waals surface area contributed by atoms with Crippen molar-refractivity contribution in [3.63, 3.8) is 0 Å². The van der Waals surface area contributed by atoms with Gasteiger partial charge in [0, 0.05) is 13.1 Å². The van der Waals surface area contributed by atoms with Crippen LogP contribution in [0.3, 0.4) is 0 Å². The van der Waals surface area contributed by atoms with E-state index in [1.807, 2.05) is 24.3 Å². The van der Waals surface area contributed by atoms with Gasteiger partial charge >= 0.3 is 0 Å². The maximum Gasteiger partial charge on any atom is 0.155 e. The predicted molar refractivity (Wildman–Crippen MR) is 77.1 cm³/mol. The Bertz CT molecular complexity index is 869. The fraction of sp³-hybridized carbons (Fsp3) is 0.0625. The Morgan fingerprint density at radius 1 is 0.895 bits per heavy atom. The fourth-order valence-electron chi connectivity index (χ4n) is 2.64. The maximum atomic E-state index is 4.66. The highest BCUT2D eigenvalue weighted by Gasteiger charge is 2.11. The van der Waals surface area contributed by atoms with Crippen LogP contribution in [-0.2, 0) is 7.05 Å². The van der Waals surface area contributed by atoms with E-state index in [1.54, 1.807) is 0 Å². The first-order valence-corrected chi connectivity index (χ1v) is 6.33. The molecule has 0 bridgehead atoms. The second kappa shape index (κ2) is 3.72. The quantitative estimate of drug-likeness (QED) is 0.504. The highest BCUT2D eigenvalue weighted by molar-refractivity contribution is 5.82. The van der Waals surface area contributed by atoms with Gasteiger partial charge in [0.15, 0.2) is 5.65 Å². The average Bonchev–Trinajstić information content (AvgIpc) is 2.97. The van der Waals surface area contributed by atoms with Gasteiger partial charge in [-0.1, -0.05) is 42.5 Å². The van der Waals surface area contributed by atoms with Crippen molar-refractivity contribution in [2.24, 2.45) is 7.05 Å². The molecule has 0 saturated carbocycles. The van der Waals surface area contributed by atoms with E-state index in [-0.39, 0.29) is 0 Å². The summed E-state index contributed by atoms with van der Waals surface area (Å²) >= 11 is 0. The lowest BCUT2D eigenvalue weighted by molar-refractivity contribution is 0.734. The van der Waals surface area contributed by atoms with Crippen molar-refractivity contribution < 1.29 is 0 Å². The molecule has 0 aliphatic rings. The first kappa shape index (κ1) is 10.4. The molecule has 2 aromatic heterocycles. The van der Waals surface area contributed by atoms with Crippen LogP contribution in [0.1, 0.15) is 0 Å². The monoisotopic (exact) mass is 247 g/mol. The molecule has 4 aromatic rings. The van der Waals surface area contributed by atoms with Gasteiger partial charge in [0.05, 0.1) is 16.7 Å². The molecule has 2 heterocycles. The highest BCUT2D eigenvalue weighted by atomic mass is 15.4. The van der Waals surface area contributed by atoms with Gasteiger partial charge in [0.2, 0.25) is 0 Å². The number of benzene rings is 2. The predicted octanol–water partition coefficient (Wildman–Crippen LogP) is 3.49. The van der Waals surface area contributed by atoms with Gasteiger partial charge in [-0.3, -0.25) is 4.68 Å². The summed E-state index contributed by atoms with van der Waals surface area (Å²) in [6, 6.07) is 20.7. The largest absolute Gasteiger partial charge is 0.282 e. The van der Waals surface area contributed by atoms with Crippen LogP contribution in [0.4, 0.5) is 0 Å². The van der Waals surface area contributed by atoms with Gasteiger partial charge in [0.25, 0.3) is 0 Å². The highest BCUT2D eigenvalue weighted by Crippen LogP contribution is 2.25. The number of para-hydroxylation sites is 2. The zero-order valence-corrected chi connectivity index (χ0v) is 10.6. The third-order valence-corrected chi connectivity index (χ3v) is 3.55. The summed E-state index contributed by atoms with van der Waals surface area (Å²) < 4.78 is 4.30. The van der Waals surface area contributed by atoms with E-state index >= 15 is 0 Å². The molecular weight excluding hydrogens is 234 g/mol. The molecule has 19 heavy (non-hydrogen) atoms. The minimum absolute atomic E-state index is 0.988. The summed E-state index contributed by atoms with van der Waals surface area (Å²) in [4.78, 5) is 4.66. The number of aromatic nitrogens is 3. The lowest BCUT2D eigenvalue weighted by Crippen LogP contribution is -2.00. The Kier molecular flexibility index (Phi) is 2.03. The molecule has 0 spiro atoms.